The molecular formula is C27H21NO3S. The van der Waals surface area contributed by atoms with Crippen molar-refractivity contribution in [1.29, 1.82) is 0 Å². The third-order valence-corrected chi connectivity index (χ3v) is 6.97. The molecule has 0 radical (unpaired) electrons. The zero-order valence-corrected chi connectivity index (χ0v) is 18.5. The maximum absolute atomic E-state index is 13.3. The molecule has 2 heterocycles. The Labute approximate surface area is 190 Å². The molecule has 1 atom stereocenters. The van der Waals surface area contributed by atoms with Crippen molar-refractivity contribution in [1.82, 2.24) is 0 Å². The average Bonchev–Trinajstić information content (AvgIpc) is 3.33. The lowest BCUT2D eigenvalue weighted by atomic mass is 9.97. The Balaban J connectivity index is 1.74. The smallest absolute Gasteiger partial charge is 0.300 e. The highest BCUT2D eigenvalue weighted by molar-refractivity contribution is 7.10. The quantitative estimate of drug-likeness (QED) is 0.237. The highest BCUT2D eigenvalue weighted by Crippen LogP contribution is 2.45. The fourth-order valence-electron chi connectivity index (χ4n) is 4.28. The van der Waals surface area contributed by atoms with Crippen LogP contribution in [0.15, 0.2) is 83.7 Å². The van der Waals surface area contributed by atoms with Gasteiger partial charge in [0.15, 0.2) is 0 Å². The van der Waals surface area contributed by atoms with Crippen LogP contribution in [0.25, 0.3) is 16.5 Å². The number of anilines is 1. The van der Waals surface area contributed by atoms with Gasteiger partial charge in [0.05, 0.1) is 5.57 Å². The van der Waals surface area contributed by atoms with E-state index in [0.29, 0.717) is 11.3 Å². The Morgan fingerprint density at radius 2 is 1.69 bits per heavy atom. The first-order valence-electron chi connectivity index (χ1n) is 10.4. The van der Waals surface area contributed by atoms with Crippen LogP contribution in [-0.2, 0) is 9.59 Å². The predicted molar refractivity (Wildman–Crippen MR) is 129 cm³/mol. The van der Waals surface area contributed by atoms with Gasteiger partial charge < -0.3 is 5.11 Å². The Morgan fingerprint density at radius 1 is 0.906 bits per heavy atom. The number of rotatable bonds is 3. The summed E-state index contributed by atoms with van der Waals surface area (Å²) < 4.78 is 0. The van der Waals surface area contributed by atoms with Gasteiger partial charge in [-0.25, -0.2) is 0 Å². The number of Topliss-reactive ketones (excluding diaryl/α,β-unsaturated/α-hetero) is 1. The number of carbonyl (C=O) groups excluding carboxylic acids is 2. The van der Waals surface area contributed by atoms with Crippen LogP contribution in [0.4, 0.5) is 5.69 Å². The molecule has 1 fully saturated rings. The van der Waals surface area contributed by atoms with Gasteiger partial charge in [0, 0.05) is 16.1 Å². The summed E-state index contributed by atoms with van der Waals surface area (Å²) in [6, 6.07) is 22.2. The molecule has 1 N–H and O–H groups in total. The Hall–Kier alpha value is -3.70. The second-order valence-corrected chi connectivity index (χ2v) is 8.99. The van der Waals surface area contributed by atoms with Crippen molar-refractivity contribution in [3.63, 3.8) is 0 Å². The largest absolute Gasteiger partial charge is 0.507 e. The van der Waals surface area contributed by atoms with Crippen LogP contribution in [0, 0.1) is 13.8 Å². The summed E-state index contributed by atoms with van der Waals surface area (Å²) in [4.78, 5) is 28.9. The molecule has 5 rings (SSSR count). The van der Waals surface area contributed by atoms with E-state index in [1.54, 1.807) is 6.07 Å². The third-order valence-electron chi connectivity index (χ3n) is 5.90. The van der Waals surface area contributed by atoms with Gasteiger partial charge in [-0.05, 0) is 65.4 Å². The molecule has 1 aromatic heterocycles. The molecule has 1 aliphatic rings. The molecule has 1 unspecified atom stereocenters. The van der Waals surface area contributed by atoms with Crippen molar-refractivity contribution in [2.75, 3.05) is 4.90 Å². The first-order valence-corrected chi connectivity index (χ1v) is 11.2. The number of benzene rings is 3. The van der Waals surface area contributed by atoms with Gasteiger partial charge in [0.25, 0.3) is 11.7 Å². The fraction of sp³-hybridized carbons (Fsp3) is 0.111. The first kappa shape index (κ1) is 20.2. The maximum atomic E-state index is 13.3. The molecule has 1 amide bonds. The van der Waals surface area contributed by atoms with Crippen molar-refractivity contribution in [3.8, 4) is 0 Å². The zero-order valence-electron chi connectivity index (χ0n) is 17.7. The summed E-state index contributed by atoms with van der Waals surface area (Å²) in [5.41, 5.74) is 3.24. The molecule has 0 saturated carbocycles. The number of thiophene rings is 1. The minimum atomic E-state index is -0.678. The minimum absolute atomic E-state index is 0.123. The molecule has 1 aliphatic heterocycles. The van der Waals surface area contributed by atoms with Gasteiger partial charge in [-0.15, -0.1) is 11.3 Å². The number of aryl methyl sites for hydroxylation is 2. The second kappa shape index (κ2) is 7.77. The molecule has 5 heteroatoms. The van der Waals surface area contributed by atoms with E-state index in [0.717, 1.165) is 26.8 Å². The third kappa shape index (κ3) is 3.22. The molecule has 3 aromatic carbocycles. The van der Waals surface area contributed by atoms with Crippen LogP contribution >= 0.6 is 11.3 Å². The summed E-state index contributed by atoms with van der Waals surface area (Å²) in [7, 11) is 0. The number of fused-ring (bicyclic) bond motifs is 1. The van der Waals surface area contributed by atoms with E-state index in [-0.39, 0.29) is 11.3 Å². The number of hydrogen-bond donors (Lipinski definition) is 1. The van der Waals surface area contributed by atoms with Crippen molar-refractivity contribution >= 4 is 45.2 Å². The van der Waals surface area contributed by atoms with Crippen LogP contribution in [0.3, 0.4) is 0 Å². The highest BCUT2D eigenvalue weighted by atomic mass is 32.1. The van der Waals surface area contributed by atoms with E-state index in [2.05, 4.69) is 0 Å². The fourth-order valence-corrected chi connectivity index (χ4v) is 5.31. The molecule has 4 aromatic rings. The van der Waals surface area contributed by atoms with Crippen LogP contribution in [-0.4, -0.2) is 16.8 Å². The van der Waals surface area contributed by atoms with Crippen LogP contribution in [0.1, 0.15) is 27.6 Å². The molecular weight excluding hydrogens is 418 g/mol. The topological polar surface area (TPSA) is 57.6 Å². The van der Waals surface area contributed by atoms with Crippen molar-refractivity contribution < 1.29 is 14.7 Å². The number of carbonyl (C=O) groups is 2. The molecule has 0 bridgehead atoms. The normalized spacial score (nSPS) is 17.9. The number of ketones is 1. The Bertz CT molecular complexity index is 1420. The number of hydrogen-bond acceptors (Lipinski definition) is 4. The first-order chi connectivity index (χ1) is 15.5. The molecule has 1 saturated heterocycles. The summed E-state index contributed by atoms with van der Waals surface area (Å²) >= 11 is 1.48. The summed E-state index contributed by atoms with van der Waals surface area (Å²) in [5, 5.41) is 15.3. The van der Waals surface area contributed by atoms with Crippen molar-refractivity contribution in [3.05, 3.63) is 105 Å². The van der Waals surface area contributed by atoms with E-state index in [1.165, 1.54) is 16.2 Å². The zero-order chi connectivity index (χ0) is 22.4. The van der Waals surface area contributed by atoms with E-state index in [1.807, 2.05) is 86.0 Å². The number of nitrogens with zero attached hydrogens (tertiary/aromatic N) is 1. The van der Waals surface area contributed by atoms with Gasteiger partial charge in [-0.3, -0.25) is 14.5 Å². The lowest BCUT2D eigenvalue weighted by molar-refractivity contribution is -0.132. The molecule has 4 nitrogen and oxygen atoms in total. The second-order valence-electron chi connectivity index (χ2n) is 8.04. The van der Waals surface area contributed by atoms with Crippen LogP contribution in [0.5, 0.6) is 0 Å². The predicted octanol–water partition coefficient (Wildman–Crippen LogP) is 6.14. The SMILES string of the molecule is Cc1cccc(N2C(=O)C(=O)/C(=C(\O)c3ccc4ccccc4c3)C2c2sccc2C)c1. The van der Waals surface area contributed by atoms with Gasteiger partial charge in [0.1, 0.15) is 11.8 Å². The monoisotopic (exact) mass is 439 g/mol. The molecule has 0 spiro atoms. The standard InChI is InChI=1S/C27H21NO3S/c1-16-6-5-9-21(14-16)28-23(26-17(2)12-13-32-26)22(25(30)27(28)31)24(29)20-11-10-18-7-3-4-8-19(18)15-20/h3-15,23,29H,1-2H3/b24-22-. The average molecular weight is 440 g/mol. The number of aliphatic hydroxyl groups is 1. The Morgan fingerprint density at radius 3 is 2.41 bits per heavy atom. The summed E-state index contributed by atoms with van der Waals surface area (Å²) in [6.45, 7) is 3.90. The molecule has 0 aliphatic carbocycles. The highest BCUT2D eigenvalue weighted by Gasteiger charge is 2.47. The van der Waals surface area contributed by atoms with Crippen molar-refractivity contribution in [2.45, 2.75) is 19.9 Å². The summed E-state index contributed by atoms with van der Waals surface area (Å²) in [5.74, 6) is -1.45. The van der Waals surface area contributed by atoms with Gasteiger partial charge in [-0.1, -0.05) is 48.5 Å². The number of amides is 1. The number of aliphatic hydroxyl groups excluding tert-OH is 1. The van der Waals surface area contributed by atoms with Crippen LogP contribution < -0.4 is 4.90 Å². The van der Waals surface area contributed by atoms with E-state index < -0.39 is 17.7 Å². The van der Waals surface area contributed by atoms with E-state index in [4.69, 9.17) is 0 Å². The van der Waals surface area contributed by atoms with Gasteiger partial charge in [-0.2, -0.15) is 0 Å². The Kier molecular flexibility index (Phi) is 4.91. The molecule has 32 heavy (non-hydrogen) atoms. The van der Waals surface area contributed by atoms with Crippen molar-refractivity contribution in [2.24, 2.45) is 0 Å². The van der Waals surface area contributed by atoms with Crippen LogP contribution in [0.2, 0.25) is 0 Å². The lowest BCUT2D eigenvalue weighted by Gasteiger charge is -2.25. The molecule has 158 valence electrons. The van der Waals surface area contributed by atoms with Gasteiger partial charge in [0.2, 0.25) is 0 Å². The van der Waals surface area contributed by atoms with E-state index >= 15 is 0 Å². The minimum Gasteiger partial charge on any atom is -0.507 e. The van der Waals surface area contributed by atoms with E-state index in [9.17, 15) is 14.7 Å². The van der Waals surface area contributed by atoms with Gasteiger partial charge >= 0.3 is 0 Å². The lowest BCUT2D eigenvalue weighted by Crippen LogP contribution is -2.29. The summed E-state index contributed by atoms with van der Waals surface area (Å²) in [6.07, 6.45) is 0. The maximum Gasteiger partial charge on any atom is 0.300 e.